The SMILES string of the molecule is O=S1(=O)CCN(Cc2c(F)cc(Br)cc2F)CC1. The van der Waals surface area contributed by atoms with E-state index in [1.807, 2.05) is 0 Å². The van der Waals surface area contributed by atoms with Crippen molar-refractivity contribution in [3.8, 4) is 0 Å². The monoisotopic (exact) mass is 339 g/mol. The molecule has 0 aromatic heterocycles. The predicted octanol–water partition coefficient (Wildman–Crippen LogP) is 1.96. The van der Waals surface area contributed by atoms with Gasteiger partial charge in [-0.25, -0.2) is 17.2 Å². The number of rotatable bonds is 2. The number of hydrogen-bond acceptors (Lipinski definition) is 3. The Hall–Kier alpha value is -0.530. The summed E-state index contributed by atoms with van der Waals surface area (Å²) in [7, 11) is -2.97. The van der Waals surface area contributed by atoms with Crippen LogP contribution in [-0.2, 0) is 16.4 Å². The lowest BCUT2D eigenvalue weighted by Crippen LogP contribution is -2.40. The third kappa shape index (κ3) is 3.27. The van der Waals surface area contributed by atoms with Crippen molar-refractivity contribution in [2.75, 3.05) is 24.6 Å². The highest BCUT2D eigenvalue weighted by Crippen LogP contribution is 2.21. The molecule has 1 aromatic rings. The van der Waals surface area contributed by atoms with E-state index in [1.165, 1.54) is 12.1 Å². The Balaban J connectivity index is 2.11. The lowest BCUT2D eigenvalue weighted by Gasteiger charge is -2.26. The fourth-order valence-corrected chi connectivity index (χ4v) is 3.53. The van der Waals surface area contributed by atoms with E-state index in [2.05, 4.69) is 15.9 Å². The Morgan fingerprint density at radius 3 is 2.17 bits per heavy atom. The highest BCUT2D eigenvalue weighted by Gasteiger charge is 2.23. The zero-order chi connectivity index (χ0) is 13.3. The first kappa shape index (κ1) is 13.9. The molecule has 1 saturated heterocycles. The summed E-state index contributed by atoms with van der Waals surface area (Å²) < 4.78 is 50.0. The van der Waals surface area contributed by atoms with Crippen molar-refractivity contribution in [1.82, 2.24) is 4.90 Å². The molecule has 1 aliphatic heterocycles. The van der Waals surface area contributed by atoms with Crippen LogP contribution in [0.4, 0.5) is 8.78 Å². The van der Waals surface area contributed by atoms with Crippen molar-refractivity contribution in [2.45, 2.75) is 6.54 Å². The van der Waals surface area contributed by atoms with Gasteiger partial charge in [-0.15, -0.1) is 0 Å². The van der Waals surface area contributed by atoms with E-state index in [9.17, 15) is 17.2 Å². The van der Waals surface area contributed by atoms with Crippen molar-refractivity contribution >= 4 is 25.8 Å². The number of benzene rings is 1. The molecule has 1 heterocycles. The zero-order valence-electron chi connectivity index (χ0n) is 9.50. The first-order chi connectivity index (χ1) is 8.37. The van der Waals surface area contributed by atoms with Crippen molar-refractivity contribution in [3.63, 3.8) is 0 Å². The van der Waals surface area contributed by atoms with Crippen LogP contribution in [0.2, 0.25) is 0 Å². The molecule has 7 heteroatoms. The maximum absolute atomic E-state index is 13.6. The number of nitrogens with zero attached hydrogens (tertiary/aromatic N) is 1. The quantitative estimate of drug-likeness (QED) is 0.826. The summed E-state index contributed by atoms with van der Waals surface area (Å²) in [6.07, 6.45) is 0. The van der Waals surface area contributed by atoms with Crippen molar-refractivity contribution in [1.29, 1.82) is 0 Å². The number of sulfone groups is 1. The lowest BCUT2D eigenvalue weighted by molar-refractivity contribution is 0.278. The Kier molecular flexibility index (Phi) is 4.03. The van der Waals surface area contributed by atoms with Gasteiger partial charge in [0.25, 0.3) is 0 Å². The molecule has 0 N–H and O–H groups in total. The molecule has 0 unspecified atom stereocenters. The van der Waals surface area contributed by atoms with Gasteiger partial charge in [0.2, 0.25) is 0 Å². The molecule has 0 amide bonds. The predicted molar refractivity (Wildman–Crippen MR) is 68.0 cm³/mol. The molecule has 0 radical (unpaired) electrons. The Labute approximate surface area is 113 Å². The fourth-order valence-electron chi connectivity index (χ4n) is 1.86. The minimum Gasteiger partial charge on any atom is -0.297 e. The molecule has 0 saturated carbocycles. The third-order valence-electron chi connectivity index (χ3n) is 2.92. The minimum atomic E-state index is -2.97. The van der Waals surface area contributed by atoms with Gasteiger partial charge in [0.05, 0.1) is 11.5 Å². The smallest absolute Gasteiger partial charge is 0.152 e. The van der Waals surface area contributed by atoms with Crippen LogP contribution in [0.25, 0.3) is 0 Å². The summed E-state index contributed by atoms with van der Waals surface area (Å²) in [5.41, 5.74) is -0.0162. The largest absolute Gasteiger partial charge is 0.297 e. The summed E-state index contributed by atoms with van der Waals surface area (Å²) in [5.74, 6) is -1.13. The van der Waals surface area contributed by atoms with E-state index in [0.717, 1.165) is 0 Å². The fraction of sp³-hybridized carbons (Fsp3) is 0.455. The second-order valence-electron chi connectivity index (χ2n) is 4.28. The van der Waals surface area contributed by atoms with Gasteiger partial charge in [0, 0.05) is 29.7 Å². The molecule has 3 nitrogen and oxygen atoms in total. The van der Waals surface area contributed by atoms with E-state index in [0.29, 0.717) is 17.6 Å². The van der Waals surface area contributed by atoms with Crippen LogP contribution in [0.3, 0.4) is 0 Å². The molecular weight excluding hydrogens is 328 g/mol. The van der Waals surface area contributed by atoms with Crippen LogP contribution < -0.4 is 0 Å². The van der Waals surface area contributed by atoms with Gasteiger partial charge in [-0.2, -0.15) is 0 Å². The van der Waals surface area contributed by atoms with E-state index >= 15 is 0 Å². The van der Waals surface area contributed by atoms with Crippen LogP contribution in [0.5, 0.6) is 0 Å². The van der Waals surface area contributed by atoms with Crippen molar-refractivity contribution in [3.05, 3.63) is 33.8 Å². The average Bonchev–Trinajstić information content (AvgIpc) is 2.25. The summed E-state index contributed by atoms with van der Waals surface area (Å²) in [6.45, 7) is 0.731. The second-order valence-corrected chi connectivity index (χ2v) is 7.50. The van der Waals surface area contributed by atoms with Crippen LogP contribution in [0.15, 0.2) is 16.6 Å². The van der Waals surface area contributed by atoms with Crippen LogP contribution in [0, 0.1) is 11.6 Å². The van der Waals surface area contributed by atoms with Gasteiger partial charge in [-0.1, -0.05) is 15.9 Å². The first-order valence-corrected chi connectivity index (χ1v) is 8.05. The van der Waals surface area contributed by atoms with Crippen LogP contribution in [0.1, 0.15) is 5.56 Å². The molecule has 0 atom stereocenters. The molecule has 100 valence electrons. The Morgan fingerprint density at radius 2 is 1.67 bits per heavy atom. The molecule has 0 spiro atoms. The molecule has 1 aromatic carbocycles. The standard InChI is InChI=1S/C11H12BrF2NO2S/c12-8-5-10(13)9(11(14)6-8)7-15-1-3-18(16,17)4-2-15/h5-6H,1-4,7H2. The molecule has 2 rings (SSSR count). The number of halogens is 3. The van der Waals surface area contributed by atoms with Crippen LogP contribution >= 0.6 is 15.9 Å². The maximum Gasteiger partial charge on any atom is 0.152 e. The molecule has 0 aliphatic carbocycles. The Morgan fingerprint density at radius 1 is 1.17 bits per heavy atom. The van der Waals surface area contributed by atoms with E-state index in [-0.39, 0.29) is 23.6 Å². The van der Waals surface area contributed by atoms with Crippen molar-refractivity contribution in [2.24, 2.45) is 0 Å². The molecule has 1 fully saturated rings. The number of hydrogen-bond donors (Lipinski definition) is 0. The summed E-state index contributed by atoms with van der Waals surface area (Å²) >= 11 is 3.01. The Bertz CT molecular complexity index is 525. The highest BCUT2D eigenvalue weighted by atomic mass is 79.9. The average molecular weight is 340 g/mol. The third-order valence-corrected chi connectivity index (χ3v) is 4.99. The zero-order valence-corrected chi connectivity index (χ0v) is 11.9. The van der Waals surface area contributed by atoms with Crippen molar-refractivity contribution < 1.29 is 17.2 Å². The van der Waals surface area contributed by atoms with Gasteiger partial charge >= 0.3 is 0 Å². The summed E-state index contributed by atoms with van der Waals surface area (Å²) in [5, 5.41) is 0. The van der Waals surface area contributed by atoms with Gasteiger partial charge in [-0.3, -0.25) is 4.90 Å². The topological polar surface area (TPSA) is 37.4 Å². The molecular formula is C11H12BrF2NO2S. The minimum absolute atomic E-state index is 0.0162. The molecule has 1 aliphatic rings. The lowest BCUT2D eigenvalue weighted by atomic mass is 10.2. The second kappa shape index (κ2) is 5.22. The maximum atomic E-state index is 13.6. The van der Waals surface area contributed by atoms with E-state index in [1.54, 1.807) is 4.90 Å². The van der Waals surface area contributed by atoms with E-state index < -0.39 is 21.5 Å². The van der Waals surface area contributed by atoms with Gasteiger partial charge in [0.15, 0.2) is 9.84 Å². The van der Waals surface area contributed by atoms with Gasteiger partial charge in [0.1, 0.15) is 11.6 Å². The molecule has 18 heavy (non-hydrogen) atoms. The normalized spacial score (nSPS) is 19.9. The summed E-state index contributed by atoms with van der Waals surface area (Å²) in [6, 6.07) is 2.41. The first-order valence-electron chi connectivity index (χ1n) is 5.43. The summed E-state index contributed by atoms with van der Waals surface area (Å²) in [4.78, 5) is 1.75. The van der Waals surface area contributed by atoms with Gasteiger partial charge in [-0.05, 0) is 12.1 Å². The van der Waals surface area contributed by atoms with E-state index in [4.69, 9.17) is 0 Å². The van der Waals surface area contributed by atoms with Gasteiger partial charge < -0.3 is 0 Å². The molecule has 0 bridgehead atoms. The highest BCUT2D eigenvalue weighted by molar-refractivity contribution is 9.10. The van der Waals surface area contributed by atoms with Crippen LogP contribution in [-0.4, -0.2) is 37.9 Å².